The molecule has 2 aromatic carbocycles. The van der Waals surface area contributed by atoms with Crippen molar-refractivity contribution in [1.29, 1.82) is 0 Å². The van der Waals surface area contributed by atoms with Crippen molar-refractivity contribution in [3.63, 3.8) is 0 Å². The van der Waals surface area contributed by atoms with Gasteiger partial charge in [0.2, 0.25) is 6.79 Å². The number of rotatable bonds is 7. The Hall–Kier alpha value is -3.55. The second-order valence-corrected chi connectivity index (χ2v) is 8.04. The standard InChI is InChI=1S/C25H21ClN2O5/c1-30-9-7-28(25(29)21-6-3-8-31-21)14-18-10-17-12-22-23(33-15-32-22)13-20(17)27-24(18)16-4-2-5-19(26)11-16/h2-6,8,10-13H,7,9,14-15H2,1H3. The smallest absolute Gasteiger partial charge is 0.289 e. The van der Waals surface area contributed by atoms with Crippen LogP contribution in [0.2, 0.25) is 5.02 Å². The molecule has 3 heterocycles. The first-order valence-electron chi connectivity index (χ1n) is 10.4. The van der Waals surface area contributed by atoms with E-state index < -0.39 is 0 Å². The molecule has 0 unspecified atom stereocenters. The number of pyridine rings is 1. The largest absolute Gasteiger partial charge is 0.459 e. The first-order valence-corrected chi connectivity index (χ1v) is 10.8. The van der Waals surface area contributed by atoms with Crippen LogP contribution in [-0.2, 0) is 11.3 Å². The Labute approximate surface area is 195 Å². The fraction of sp³-hybridized carbons (Fsp3) is 0.200. The third kappa shape index (κ3) is 4.37. The van der Waals surface area contributed by atoms with Gasteiger partial charge in [0.05, 0.1) is 24.1 Å². The van der Waals surface area contributed by atoms with Gasteiger partial charge in [0.25, 0.3) is 5.91 Å². The Kier molecular flexibility index (Phi) is 5.90. The molecule has 0 aliphatic carbocycles. The lowest BCUT2D eigenvalue weighted by Crippen LogP contribution is -2.33. The lowest BCUT2D eigenvalue weighted by atomic mass is 10.0. The average Bonchev–Trinajstić information content (AvgIpc) is 3.51. The van der Waals surface area contributed by atoms with Crippen LogP contribution in [-0.4, -0.2) is 42.8 Å². The van der Waals surface area contributed by atoms with Crippen LogP contribution in [0.25, 0.3) is 22.2 Å². The van der Waals surface area contributed by atoms with Crippen LogP contribution in [0.3, 0.4) is 0 Å². The summed E-state index contributed by atoms with van der Waals surface area (Å²) in [6.45, 7) is 1.27. The molecule has 1 amide bonds. The van der Waals surface area contributed by atoms with Crippen molar-refractivity contribution in [2.45, 2.75) is 6.54 Å². The minimum atomic E-state index is -0.222. The van der Waals surface area contributed by atoms with Gasteiger partial charge in [-0.2, -0.15) is 0 Å². The molecule has 5 rings (SSSR count). The lowest BCUT2D eigenvalue weighted by molar-refractivity contribution is 0.0649. The molecule has 1 aliphatic heterocycles. The van der Waals surface area contributed by atoms with E-state index in [1.165, 1.54) is 6.26 Å². The number of hydrogen-bond acceptors (Lipinski definition) is 6. The molecule has 0 radical (unpaired) electrons. The first-order chi connectivity index (χ1) is 16.1. The highest BCUT2D eigenvalue weighted by Gasteiger charge is 2.22. The minimum Gasteiger partial charge on any atom is -0.459 e. The molecule has 0 bridgehead atoms. The topological polar surface area (TPSA) is 74.0 Å². The number of fused-ring (bicyclic) bond motifs is 2. The molecule has 33 heavy (non-hydrogen) atoms. The minimum absolute atomic E-state index is 0.183. The molecular weight excluding hydrogens is 444 g/mol. The van der Waals surface area contributed by atoms with E-state index in [9.17, 15) is 4.79 Å². The molecule has 0 saturated heterocycles. The number of halogens is 1. The van der Waals surface area contributed by atoms with E-state index in [4.69, 9.17) is 35.2 Å². The molecule has 2 aromatic heterocycles. The summed E-state index contributed by atoms with van der Waals surface area (Å²) in [5.74, 6) is 1.38. The van der Waals surface area contributed by atoms with E-state index in [2.05, 4.69) is 0 Å². The Balaban J connectivity index is 1.61. The fourth-order valence-corrected chi connectivity index (χ4v) is 4.02. The lowest BCUT2D eigenvalue weighted by Gasteiger charge is -2.23. The van der Waals surface area contributed by atoms with Gasteiger partial charge in [0, 0.05) is 42.2 Å². The number of methoxy groups -OCH3 is 1. The number of furan rings is 1. The predicted molar refractivity (Wildman–Crippen MR) is 124 cm³/mol. The zero-order valence-electron chi connectivity index (χ0n) is 17.9. The molecule has 4 aromatic rings. The maximum Gasteiger partial charge on any atom is 0.289 e. The number of ether oxygens (including phenoxy) is 3. The summed E-state index contributed by atoms with van der Waals surface area (Å²) in [7, 11) is 1.60. The maximum absolute atomic E-state index is 13.1. The molecule has 0 fully saturated rings. The van der Waals surface area contributed by atoms with Gasteiger partial charge in [0.15, 0.2) is 17.3 Å². The summed E-state index contributed by atoms with van der Waals surface area (Å²) < 4.78 is 21.7. The number of carbonyl (C=O) groups excluding carboxylic acids is 1. The van der Waals surface area contributed by atoms with Crippen molar-refractivity contribution < 1.29 is 23.4 Å². The number of amides is 1. The summed E-state index contributed by atoms with van der Waals surface area (Å²) in [4.78, 5) is 19.8. The average molecular weight is 465 g/mol. The predicted octanol–water partition coefficient (Wildman–Crippen LogP) is 5.17. The van der Waals surface area contributed by atoms with Crippen LogP contribution in [0.4, 0.5) is 0 Å². The normalized spacial score (nSPS) is 12.3. The van der Waals surface area contributed by atoms with E-state index in [0.717, 1.165) is 27.7 Å². The van der Waals surface area contributed by atoms with E-state index in [0.29, 0.717) is 36.2 Å². The summed E-state index contributed by atoms with van der Waals surface area (Å²) >= 11 is 6.28. The highest BCUT2D eigenvalue weighted by molar-refractivity contribution is 6.30. The SMILES string of the molecule is COCCN(Cc1cc2cc3c(cc2nc1-c1cccc(Cl)c1)OCO3)C(=O)c1ccco1. The Morgan fingerprint density at radius 3 is 2.73 bits per heavy atom. The van der Waals surface area contributed by atoms with Crippen LogP contribution in [0.15, 0.2) is 65.3 Å². The number of carbonyl (C=O) groups is 1. The second kappa shape index (κ2) is 9.13. The van der Waals surface area contributed by atoms with E-state index in [1.54, 1.807) is 24.1 Å². The molecule has 7 nitrogen and oxygen atoms in total. The van der Waals surface area contributed by atoms with Gasteiger partial charge in [-0.25, -0.2) is 4.98 Å². The Bertz CT molecular complexity index is 1310. The number of aromatic nitrogens is 1. The Morgan fingerprint density at radius 1 is 1.12 bits per heavy atom. The highest BCUT2D eigenvalue weighted by atomic mass is 35.5. The quantitative estimate of drug-likeness (QED) is 0.376. The van der Waals surface area contributed by atoms with Crippen LogP contribution < -0.4 is 9.47 Å². The summed E-state index contributed by atoms with van der Waals surface area (Å²) in [6.07, 6.45) is 1.49. The Morgan fingerprint density at radius 2 is 1.97 bits per heavy atom. The molecule has 168 valence electrons. The van der Waals surface area contributed by atoms with Crippen molar-refractivity contribution in [3.05, 3.63) is 77.2 Å². The van der Waals surface area contributed by atoms with Crippen molar-refractivity contribution in [2.75, 3.05) is 27.1 Å². The van der Waals surface area contributed by atoms with Crippen LogP contribution in [0.1, 0.15) is 16.1 Å². The molecule has 0 N–H and O–H groups in total. The third-order valence-electron chi connectivity index (χ3n) is 5.43. The van der Waals surface area contributed by atoms with Crippen molar-refractivity contribution in [2.24, 2.45) is 0 Å². The van der Waals surface area contributed by atoms with Gasteiger partial charge < -0.3 is 23.5 Å². The zero-order valence-corrected chi connectivity index (χ0v) is 18.7. The van der Waals surface area contributed by atoms with Crippen molar-refractivity contribution in [1.82, 2.24) is 9.88 Å². The summed E-state index contributed by atoms with van der Waals surface area (Å²) in [6, 6.07) is 16.6. The maximum atomic E-state index is 13.1. The van der Waals surface area contributed by atoms with Gasteiger partial charge in [-0.05, 0) is 42.0 Å². The van der Waals surface area contributed by atoms with E-state index >= 15 is 0 Å². The van der Waals surface area contributed by atoms with Gasteiger partial charge in [-0.1, -0.05) is 23.7 Å². The molecule has 1 aliphatic rings. The fourth-order valence-electron chi connectivity index (χ4n) is 3.83. The second-order valence-electron chi connectivity index (χ2n) is 7.60. The zero-order chi connectivity index (χ0) is 22.8. The van der Waals surface area contributed by atoms with Crippen LogP contribution >= 0.6 is 11.6 Å². The summed E-state index contributed by atoms with van der Waals surface area (Å²) in [5, 5.41) is 1.49. The molecule has 0 spiro atoms. The monoisotopic (exact) mass is 464 g/mol. The summed E-state index contributed by atoms with van der Waals surface area (Å²) in [5.41, 5.74) is 3.21. The van der Waals surface area contributed by atoms with E-state index in [-0.39, 0.29) is 18.5 Å². The number of hydrogen-bond donors (Lipinski definition) is 0. The van der Waals surface area contributed by atoms with Crippen molar-refractivity contribution in [3.8, 4) is 22.8 Å². The molecule has 8 heteroatoms. The molecular formula is C25H21ClN2O5. The van der Waals surface area contributed by atoms with Crippen molar-refractivity contribution >= 4 is 28.4 Å². The number of benzene rings is 2. The van der Waals surface area contributed by atoms with Crippen LogP contribution in [0, 0.1) is 0 Å². The van der Waals surface area contributed by atoms with Gasteiger partial charge in [0.1, 0.15) is 0 Å². The van der Waals surface area contributed by atoms with Gasteiger partial charge in [-0.15, -0.1) is 0 Å². The van der Waals surface area contributed by atoms with Gasteiger partial charge in [-0.3, -0.25) is 4.79 Å². The molecule has 0 atom stereocenters. The van der Waals surface area contributed by atoms with Gasteiger partial charge >= 0.3 is 0 Å². The molecule has 0 saturated carbocycles. The van der Waals surface area contributed by atoms with E-state index in [1.807, 2.05) is 42.5 Å². The number of nitrogens with zero attached hydrogens (tertiary/aromatic N) is 2. The highest BCUT2D eigenvalue weighted by Crippen LogP contribution is 2.37. The first kappa shape index (κ1) is 21.3. The van der Waals surface area contributed by atoms with Crippen LogP contribution in [0.5, 0.6) is 11.5 Å². The third-order valence-corrected chi connectivity index (χ3v) is 5.67.